The molecule has 4 rings (SSSR count). The van der Waals surface area contributed by atoms with Crippen LogP contribution in [-0.4, -0.2) is 22.8 Å². The quantitative estimate of drug-likeness (QED) is 0.570. The van der Waals surface area contributed by atoms with Crippen LogP contribution in [0.2, 0.25) is 0 Å². The summed E-state index contributed by atoms with van der Waals surface area (Å²) in [6.45, 7) is 1.48. The van der Waals surface area contributed by atoms with E-state index in [1.807, 2.05) is 36.4 Å². The molecule has 0 bridgehead atoms. The Morgan fingerprint density at radius 1 is 0.848 bits per heavy atom. The van der Waals surface area contributed by atoms with Crippen molar-refractivity contribution in [1.82, 2.24) is 4.90 Å². The summed E-state index contributed by atoms with van der Waals surface area (Å²) >= 11 is 0. The van der Waals surface area contributed by atoms with Gasteiger partial charge in [0.15, 0.2) is 0 Å². The number of anilines is 2. The lowest BCUT2D eigenvalue weighted by Crippen LogP contribution is -2.33. The average Bonchev–Trinajstić information content (AvgIpc) is 2.81. The van der Waals surface area contributed by atoms with Gasteiger partial charge in [-0.2, -0.15) is 0 Å². The lowest BCUT2D eigenvalue weighted by molar-refractivity contribution is -0.129. The first-order valence-corrected chi connectivity index (χ1v) is 10.5. The van der Waals surface area contributed by atoms with Gasteiger partial charge in [0.2, 0.25) is 11.8 Å². The summed E-state index contributed by atoms with van der Waals surface area (Å²) < 4.78 is 5.20. The zero-order chi connectivity index (χ0) is 23.2. The number of hydrogen-bond donors (Lipinski definition) is 2. The molecular weight excluding hydrogens is 418 g/mol. The maximum Gasteiger partial charge on any atom is 0.417 e. The fourth-order valence-corrected chi connectivity index (χ4v) is 3.68. The van der Waals surface area contributed by atoms with E-state index >= 15 is 0 Å². The van der Waals surface area contributed by atoms with Gasteiger partial charge in [0, 0.05) is 24.5 Å². The van der Waals surface area contributed by atoms with Crippen LogP contribution in [0, 0.1) is 0 Å². The van der Waals surface area contributed by atoms with Crippen LogP contribution in [-0.2, 0) is 9.59 Å². The molecule has 1 heterocycles. The summed E-state index contributed by atoms with van der Waals surface area (Å²) in [5, 5.41) is 5.50. The third-order valence-corrected chi connectivity index (χ3v) is 5.22. The first kappa shape index (κ1) is 21.8. The lowest BCUT2D eigenvalue weighted by atomic mass is 9.93. The van der Waals surface area contributed by atoms with Crippen molar-refractivity contribution in [2.45, 2.75) is 19.4 Å². The highest BCUT2D eigenvalue weighted by atomic mass is 16.6. The van der Waals surface area contributed by atoms with E-state index in [2.05, 4.69) is 10.6 Å². The molecule has 1 atom stereocenters. The molecular formula is C26H23N3O4. The lowest BCUT2D eigenvalue weighted by Gasteiger charge is -2.32. The summed E-state index contributed by atoms with van der Waals surface area (Å²) in [6.07, 6.45) is 3.10. The number of benzene rings is 3. The van der Waals surface area contributed by atoms with Gasteiger partial charge in [-0.1, -0.05) is 42.5 Å². The SMILES string of the molecule is CC(=O)N1C=Cc2ccccc2[C@H]1CC(=O)Nc1ccc(NC(=O)Oc2ccccc2)cc1. The Morgan fingerprint density at radius 3 is 2.18 bits per heavy atom. The van der Waals surface area contributed by atoms with E-state index in [4.69, 9.17) is 4.74 Å². The smallest absolute Gasteiger partial charge is 0.410 e. The predicted octanol–water partition coefficient (Wildman–Crippen LogP) is 5.20. The first-order valence-electron chi connectivity index (χ1n) is 10.5. The Bertz CT molecular complexity index is 1190. The third-order valence-electron chi connectivity index (χ3n) is 5.22. The molecule has 0 fully saturated rings. The second-order valence-corrected chi connectivity index (χ2v) is 7.54. The second-order valence-electron chi connectivity index (χ2n) is 7.54. The van der Waals surface area contributed by atoms with Crippen molar-refractivity contribution in [3.8, 4) is 5.75 Å². The molecule has 3 aromatic carbocycles. The number of carbonyl (C=O) groups is 3. The normalized spacial score (nSPS) is 14.2. The molecule has 0 saturated heterocycles. The highest BCUT2D eigenvalue weighted by Crippen LogP contribution is 2.33. The topological polar surface area (TPSA) is 87.7 Å². The van der Waals surface area contributed by atoms with E-state index in [1.54, 1.807) is 59.6 Å². The Balaban J connectivity index is 1.37. The summed E-state index contributed by atoms with van der Waals surface area (Å²) in [5.74, 6) is 0.0922. The molecule has 1 aliphatic rings. The number of nitrogens with zero attached hydrogens (tertiary/aromatic N) is 1. The zero-order valence-electron chi connectivity index (χ0n) is 18.0. The molecule has 33 heavy (non-hydrogen) atoms. The van der Waals surface area contributed by atoms with E-state index in [1.165, 1.54) is 6.92 Å². The van der Waals surface area contributed by atoms with Crippen LogP contribution in [0.3, 0.4) is 0 Å². The van der Waals surface area contributed by atoms with Crippen LogP contribution < -0.4 is 15.4 Å². The minimum absolute atomic E-state index is 0.115. The number of ether oxygens (including phenoxy) is 1. The first-order chi connectivity index (χ1) is 16.0. The van der Waals surface area contributed by atoms with E-state index in [0.717, 1.165) is 11.1 Å². The van der Waals surface area contributed by atoms with E-state index in [9.17, 15) is 14.4 Å². The number of fused-ring (bicyclic) bond motifs is 1. The maximum absolute atomic E-state index is 12.8. The molecule has 166 valence electrons. The van der Waals surface area contributed by atoms with Crippen LogP contribution in [0.15, 0.2) is 85.1 Å². The number of amides is 3. The van der Waals surface area contributed by atoms with Crippen LogP contribution >= 0.6 is 0 Å². The van der Waals surface area contributed by atoms with Gasteiger partial charge in [-0.3, -0.25) is 14.9 Å². The van der Waals surface area contributed by atoms with Crippen molar-refractivity contribution in [2.75, 3.05) is 10.6 Å². The van der Waals surface area contributed by atoms with Gasteiger partial charge in [-0.25, -0.2) is 4.79 Å². The number of rotatable bonds is 5. The highest BCUT2D eigenvalue weighted by molar-refractivity contribution is 5.93. The number of para-hydroxylation sites is 1. The minimum atomic E-state index is -0.605. The largest absolute Gasteiger partial charge is 0.417 e. The van der Waals surface area contributed by atoms with Crippen molar-refractivity contribution in [3.05, 3.63) is 96.2 Å². The summed E-state index contributed by atoms with van der Waals surface area (Å²) in [5.41, 5.74) is 3.03. The van der Waals surface area contributed by atoms with E-state index < -0.39 is 6.09 Å². The Hall–Kier alpha value is -4.39. The molecule has 7 nitrogen and oxygen atoms in total. The molecule has 0 saturated carbocycles. The van der Waals surface area contributed by atoms with Gasteiger partial charge in [0.1, 0.15) is 5.75 Å². The Kier molecular flexibility index (Phi) is 6.50. The van der Waals surface area contributed by atoms with Crippen LogP contribution in [0.5, 0.6) is 5.75 Å². The van der Waals surface area contributed by atoms with Crippen LogP contribution in [0.25, 0.3) is 6.08 Å². The highest BCUT2D eigenvalue weighted by Gasteiger charge is 2.28. The van der Waals surface area contributed by atoms with Crippen LogP contribution in [0.4, 0.5) is 16.2 Å². The van der Waals surface area contributed by atoms with Crippen LogP contribution in [0.1, 0.15) is 30.5 Å². The van der Waals surface area contributed by atoms with Crippen molar-refractivity contribution < 1.29 is 19.1 Å². The van der Waals surface area contributed by atoms with Crippen molar-refractivity contribution >= 4 is 35.4 Å². The predicted molar refractivity (Wildman–Crippen MR) is 127 cm³/mol. The fourth-order valence-electron chi connectivity index (χ4n) is 3.68. The molecule has 2 N–H and O–H groups in total. The molecule has 0 aliphatic carbocycles. The molecule has 0 unspecified atom stereocenters. The third kappa shape index (κ3) is 5.46. The minimum Gasteiger partial charge on any atom is -0.410 e. The summed E-state index contributed by atoms with van der Waals surface area (Å²) in [7, 11) is 0. The van der Waals surface area contributed by atoms with Gasteiger partial charge >= 0.3 is 6.09 Å². The molecule has 3 aromatic rings. The molecule has 3 amide bonds. The second kappa shape index (κ2) is 9.82. The summed E-state index contributed by atoms with van der Waals surface area (Å²) in [4.78, 5) is 38.4. The fraction of sp³-hybridized carbons (Fsp3) is 0.115. The summed E-state index contributed by atoms with van der Waals surface area (Å²) in [6, 6.07) is 22.8. The van der Waals surface area contributed by atoms with Gasteiger partial charge in [-0.15, -0.1) is 0 Å². The van der Waals surface area contributed by atoms with Crippen molar-refractivity contribution in [2.24, 2.45) is 0 Å². The Labute approximate surface area is 191 Å². The van der Waals surface area contributed by atoms with Crippen molar-refractivity contribution in [3.63, 3.8) is 0 Å². The number of nitrogens with one attached hydrogen (secondary N) is 2. The molecule has 1 aliphatic heterocycles. The zero-order valence-corrected chi connectivity index (χ0v) is 18.0. The van der Waals surface area contributed by atoms with Crippen molar-refractivity contribution in [1.29, 1.82) is 0 Å². The number of carbonyl (C=O) groups excluding carboxylic acids is 3. The Morgan fingerprint density at radius 2 is 1.48 bits per heavy atom. The molecule has 0 spiro atoms. The number of hydrogen-bond acceptors (Lipinski definition) is 4. The molecule has 7 heteroatoms. The standard InChI is InChI=1S/C26H23N3O4/c1-18(30)29-16-15-19-7-5-6-10-23(19)24(29)17-25(31)27-20-11-13-21(14-12-20)28-26(32)33-22-8-3-2-4-9-22/h2-16,24H,17H2,1H3,(H,27,31)(H,28,32)/t24-/m1/s1. The van der Waals surface area contributed by atoms with E-state index in [-0.39, 0.29) is 24.3 Å². The molecule has 0 aromatic heterocycles. The van der Waals surface area contributed by atoms with Gasteiger partial charge < -0.3 is 15.0 Å². The van der Waals surface area contributed by atoms with Gasteiger partial charge in [-0.05, 0) is 53.6 Å². The molecule has 0 radical (unpaired) electrons. The van der Waals surface area contributed by atoms with Gasteiger partial charge in [0.25, 0.3) is 0 Å². The van der Waals surface area contributed by atoms with E-state index in [0.29, 0.717) is 17.1 Å². The monoisotopic (exact) mass is 441 g/mol. The average molecular weight is 441 g/mol. The maximum atomic E-state index is 12.8. The van der Waals surface area contributed by atoms with Gasteiger partial charge in [0.05, 0.1) is 12.5 Å².